The average molecular weight is 512 g/mol. The molecule has 37 heavy (non-hydrogen) atoms. The fourth-order valence-corrected chi connectivity index (χ4v) is 3.02. The molecule has 198 valence electrons. The van der Waals surface area contributed by atoms with Crippen molar-refractivity contribution in [2.75, 3.05) is 24.2 Å². The van der Waals surface area contributed by atoms with Crippen molar-refractivity contribution in [3.05, 3.63) is 35.9 Å². The topological polar surface area (TPSA) is 121 Å². The Morgan fingerprint density at radius 2 is 2.03 bits per heavy atom. The number of amides is 2. The minimum absolute atomic E-state index is 0.262. The molecule has 1 saturated carbocycles. The zero-order valence-corrected chi connectivity index (χ0v) is 21.9. The number of nitrogens with one attached hydrogen (secondary N) is 3. The molecule has 1 aliphatic rings. The molecule has 0 unspecified atom stereocenters. The van der Waals surface area contributed by atoms with Crippen LogP contribution in [-0.2, 0) is 9.53 Å². The fraction of sp³-hybridized carbons (Fsp3) is 0.500. The highest BCUT2D eigenvalue weighted by atomic mass is 19.1. The van der Waals surface area contributed by atoms with Gasteiger partial charge in [0.1, 0.15) is 23.3 Å². The number of anilines is 3. The van der Waals surface area contributed by atoms with Crippen molar-refractivity contribution in [3.8, 4) is 11.8 Å². The van der Waals surface area contributed by atoms with E-state index in [9.17, 15) is 14.0 Å². The average Bonchev–Trinajstić information content (AvgIpc) is 3.64. The van der Waals surface area contributed by atoms with Gasteiger partial charge >= 0.3 is 6.09 Å². The van der Waals surface area contributed by atoms with Gasteiger partial charge in [0.15, 0.2) is 0 Å². The molecule has 2 aromatic heterocycles. The number of halogens is 1. The van der Waals surface area contributed by atoms with Crippen LogP contribution < -0.4 is 16.0 Å². The van der Waals surface area contributed by atoms with Crippen molar-refractivity contribution in [3.63, 3.8) is 0 Å². The number of ether oxygens (including phenoxy) is 1. The third-order valence-electron chi connectivity index (χ3n) is 5.30. The minimum atomic E-state index is -0.663. The number of likely N-dealkylation sites (N-methyl/N-ethyl adjacent to an activating group) is 1. The lowest BCUT2D eigenvalue weighted by Gasteiger charge is -2.28. The van der Waals surface area contributed by atoms with E-state index in [1.54, 1.807) is 46.0 Å². The van der Waals surface area contributed by atoms with E-state index in [4.69, 9.17) is 4.74 Å². The first kappa shape index (κ1) is 27.6. The van der Waals surface area contributed by atoms with Gasteiger partial charge in [0.05, 0.1) is 11.8 Å². The summed E-state index contributed by atoms with van der Waals surface area (Å²) in [6, 6.07) is 4.13. The first-order chi connectivity index (χ1) is 17.5. The number of unbranched alkanes of at least 4 members (excludes halogenated alkanes) is 1. The lowest BCUT2D eigenvalue weighted by atomic mass is 10.2. The van der Waals surface area contributed by atoms with Crippen molar-refractivity contribution in [1.82, 2.24) is 25.2 Å². The number of hydrogen-bond donors (Lipinski definition) is 3. The summed E-state index contributed by atoms with van der Waals surface area (Å²) in [5.41, 5.74) is 0.0237. The second kappa shape index (κ2) is 12.3. The number of carbonyl (C=O) groups excluding carboxylic acids is 2. The molecule has 0 radical (unpaired) electrons. The molecule has 2 aromatic rings. The van der Waals surface area contributed by atoms with Crippen molar-refractivity contribution < 1.29 is 18.7 Å². The van der Waals surface area contributed by atoms with Gasteiger partial charge in [-0.2, -0.15) is 9.37 Å². The maximum Gasteiger partial charge on any atom is 0.410 e. The third kappa shape index (κ3) is 9.22. The highest BCUT2D eigenvalue weighted by Gasteiger charge is 2.26. The molecule has 0 bridgehead atoms. The molecule has 11 heteroatoms. The van der Waals surface area contributed by atoms with E-state index in [0.29, 0.717) is 48.6 Å². The predicted molar refractivity (Wildman–Crippen MR) is 139 cm³/mol. The van der Waals surface area contributed by atoms with Crippen LogP contribution in [0.5, 0.6) is 0 Å². The van der Waals surface area contributed by atoms with Gasteiger partial charge in [-0.15, -0.1) is 0 Å². The second-order valence-electron chi connectivity index (χ2n) is 9.81. The number of aromatic nitrogens is 3. The molecule has 0 saturated heterocycles. The number of nitrogens with zero attached hydrogens (tertiary/aromatic N) is 4. The van der Waals surface area contributed by atoms with Crippen molar-refractivity contribution in [1.29, 1.82) is 0 Å². The Kier molecular flexibility index (Phi) is 9.22. The molecule has 1 aliphatic carbocycles. The number of pyridine rings is 1. The molecule has 2 amide bonds. The van der Waals surface area contributed by atoms with E-state index in [-0.39, 0.29) is 5.91 Å². The summed E-state index contributed by atoms with van der Waals surface area (Å²) in [6.07, 6.45) is 4.37. The molecule has 2 heterocycles. The van der Waals surface area contributed by atoms with Crippen LogP contribution >= 0.6 is 0 Å². The summed E-state index contributed by atoms with van der Waals surface area (Å²) in [5, 5.41) is 9.07. The summed E-state index contributed by atoms with van der Waals surface area (Å²) in [5.74, 6) is 6.54. The van der Waals surface area contributed by atoms with Crippen molar-refractivity contribution in [2.45, 2.75) is 71.1 Å². The first-order valence-electron chi connectivity index (χ1n) is 12.3. The summed E-state index contributed by atoms with van der Waals surface area (Å²) >= 11 is 0. The highest BCUT2D eigenvalue weighted by molar-refractivity contribution is 5.85. The molecule has 3 N–H and O–H groups in total. The van der Waals surface area contributed by atoms with Crippen LogP contribution in [0.25, 0.3) is 0 Å². The Hall–Kier alpha value is -3.94. The molecule has 0 aliphatic heterocycles. The summed E-state index contributed by atoms with van der Waals surface area (Å²) in [7, 11) is 1.54. The van der Waals surface area contributed by atoms with E-state index in [0.717, 1.165) is 12.8 Å². The van der Waals surface area contributed by atoms with Crippen LogP contribution in [0.4, 0.5) is 26.8 Å². The third-order valence-corrected chi connectivity index (χ3v) is 5.30. The quantitative estimate of drug-likeness (QED) is 0.264. The van der Waals surface area contributed by atoms with Gasteiger partial charge in [0.25, 0.3) is 0 Å². The fourth-order valence-electron chi connectivity index (χ4n) is 3.02. The lowest BCUT2D eigenvalue weighted by Crippen LogP contribution is -2.47. The molecule has 1 atom stereocenters. The van der Waals surface area contributed by atoms with Crippen LogP contribution in [0.1, 0.15) is 58.9 Å². The van der Waals surface area contributed by atoms with Crippen LogP contribution in [0, 0.1) is 17.8 Å². The zero-order valence-electron chi connectivity index (χ0n) is 21.9. The maximum atomic E-state index is 13.4. The maximum absolute atomic E-state index is 13.4. The Morgan fingerprint density at radius 1 is 1.27 bits per heavy atom. The molecule has 0 aromatic carbocycles. The molecule has 10 nitrogen and oxygen atoms in total. The van der Waals surface area contributed by atoms with Crippen molar-refractivity contribution >= 4 is 29.6 Å². The monoisotopic (exact) mass is 511 g/mol. The Labute approximate surface area is 216 Å². The van der Waals surface area contributed by atoms with Gasteiger partial charge in [-0.1, -0.05) is 17.9 Å². The minimum Gasteiger partial charge on any atom is -0.444 e. The van der Waals surface area contributed by atoms with E-state index in [2.05, 4.69) is 42.7 Å². The normalized spacial score (nSPS) is 13.6. The molecule has 3 rings (SSSR count). The summed E-state index contributed by atoms with van der Waals surface area (Å²) in [4.78, 5) is 38.3. The SMILES string of the molecule is C[C@@H](C(=O)NCCCC#Cc1cnc(Nc2cccc(F)n2)nc1NC1CC1)N(C)C(=O)OC(C)(C)C. The number of hydrogen-bond acceptors (Lipinski definition) is 8. The van der Waals surface area contributed by atoms with Gasteiger partial charge in [-0.3, -0.25) is 9.69 Å². The molecular formula is C26H34FN7O3. The van der Waals surface area contributed by atoms with Crippen LogP contribution in [0.2, 0.25) is 0 Å². The van der Waals surface area contributed by atoms with E-state index in [1.807, 2.05) is 0 Å². The zero-order chi connectivity index (χ0) is 27.0. The Balaban J connectivity index is 1.50. The van der Waals surface area contributed by atoms with E-state index >= 15 is 0 Å². The smallest absolute Gasteiger partial charge is 0.410 e. The Morgan fingerprint density at radius 3 is 2.70 bits per heavy atom. The van der Waals surface area contributed by atoms with Gasteiger partial charge in [-0.25, -0.2) is 14.8 Å². The van der Waals surface area contributed by atoms with Gasteiger partial charge in [0.2, 0.25) is 17.8 Å². The standard InChI is InChI=1S/C26H34FN7O3/c1-17(34(5)25(36)37-26(2,3)4)23(35)28-15-8-6-7-10-18-16-29-24(33-22(18)30-19-13-14-19)32-21-12-9-11-20(27)31-21/h9,11-12,16-17,19H,6,8,13-15H2,1-5H3,(H,28,35)(H2,29,30,31,32,33)/t17-/m0/s1. The van der Waals surface area contributed by atoms with Crippen molar-refractivity contribution in [2.24, 2.45) is 0 Å². The Bertz CT molecular complexity index is 1170. The summed E-state index contributed by atoms with van der Waals surface area (Å²) < 4.78 is 18.7. The largest absolute Gasteiger partial charge is 0.444 e. The highest BCUT2D eigenvalue weighted by Crippen LogP contribution is 2.26. The predicted octanol–water partition coefficient (Wildman–Crippen LogP) is 3.83. The lowest BCUT2D eigenvalue weighted by molar-refractivity contribution is -0.125. The molecular weight excluding hydrogens is 477 g/mol. The van der Waals surface area contributed by atoms with Crippen LogP contribution in [0.15, 0.2) is 24.4 Å². The number of carbonyl (C=O) groups is 2. The van der Waals surface area contributed by atoms with Gasteiger partial charge < -0.3 is 20.7 Å². The summed E-state index contributed by atoms with van der Waals surface area (Å²) in [6.45, 7) is 7.40. The first-order valence-corrected chi connectivity index (χ1v) is 12.3. The van der Waals surface area contributed by atoms with E-state index in [1.165, 1.54) is 18.0 Å². The second-order valence-corrected chi connectivity index (χ2v) is 9.81. The van der Waals surface area contributed by atoms with Gasteiger partial charge in [0, 0.05) is 26.1 Å². The van der Waals surface area contributed by atoms with Gasteiger partial charge in [-0.05, 0) is 59.1 Å². The van der Waals surface area contributed by atoms with Crippen LogP contribution in [-0.4, -0.2) is 63.1 Å². The number of rotatable bonds is 9. The van der Waals surface area contributed by atoms with E-state index < -0.39 is 23.7 Å². The van der Waals surface area contributed by atoms with Crippen LogP contribution in [0.3, 0.4) is 0 Å². The molecule has 1 fully saturated rings. The molecule has 0 spiro atoms.